The fraction of sp³-hybridized carbons (Fsp3) is 0.520. The van der Waals surface area contributed by atoms with Crippen LogP contribution in [0.5, 0.6) is 0 Å². The van der Waals surface area contributed by atoms with E-state index in [0.29, 0.717) is 13.1 Å². The number of hydrogen-bond donors (Lipinski definition) is 0. The van der Waals surface area contributed by atoms with Crippen LogP contribution in [0.3, 0.4) is 0 Å². The lowest BCUT2D eigenvalue weighted by molar-refractivity contribution is -0.141. The molecule has 168 valence electrons. The molecule has 3 aliphatic rings. The van der Waals surface area contributed by atoms with Crippen LogP contribution in [0.4, 0.5) is 0 Å². The summed E-state index contributed by atoms with van der Waals surface area (Å²) in [6.45, 7) is 4.00. The number of pyridine rings is 1. The first kappa shape index (κ1) is 21.1. The zero-order valence-electron chi connectivity index (χ0n) is 18.4. The fourth-order valence-electron chi connectivity index (χ4n) is 5.51. The molecule has 1 aliphatic carbocycles. The molecule has 0 bridgehead atoms. The molecule has 3 amide bonds. The summed E-state index contributed by atoms with van der Waals surface area (Å²) in [5, 5.41) is 1.14. The maximum atomic E-state index is 12.8. The van der Waals surface area contributed by atoms with E-state index in [1.165, 1.54) is 10.5 Å². The van der Waals surface area contributed by atoms with E-state index in [4.69, 9.17) is 0 Å². The first-order valence-corrected chi connectivity index (χ1v) is 11.8. The molecule has 7 nitrogen and oxygen atoms in total. The highest BCUT2D eigenvalue weighted by Gasteiger charge is 2.47. The molecule has 5 rings (SSSR count). The first-order chi connectivity index (χ1) is 15.6. The number of aromatic nitrogens is 1. The number of likely N-dealkylation sites (tertiary alicyclic amines) is 1. The van der Waals surface area contributed by atoms with E-state index < -0.39 is 0 Å². The Morgan fingerprint density at radius 1 is 0.938 bits per heavy atom. The van der Waals surface area contributed by atoms with Crippen molar-refractivity contribution in [1.29, 1.82) is 0 Å². The predicted molar refractivity (Wildman–Crippen MR) is 120 cm³/mol. The number of piperazine rings is 1. The van der Waals surface area contributed by atoms with Gasteiger partial charge < -0.3 is 4.90 Å². The van der Waals surface area contributed by atoms with Gasteiger partial charge >= 0.3 is 0 Å². The van der Waals surface area contributed by atoms with E-state index in [2.05, 4.69) is 34.1 Å². The Balaban J connectivity index is 1.12. The van der Waals surface area contributed by atoms with Crippen LogP contribution in [0.2, 0.25) is 0 Å². The molecule has 2 atom stereocenters. The molecule has 3 heterocycles. The minimum Gasteiger partial charge on any atom is -0.340 e. The number of fused-ring (bicyclic) bond motifs is 2. The van der Waals surface area contributed by atoms with Crippen molar-refractivity contribution in [1.82, 2.24) is 19.7 Å². The summed E-state index contributed by atoms with van der Waals surface area (Å²) in [5.74, 6) is -0.356. The van der Waals surface area contributed by atoms with E-state index in [9.17, 15) is 14.4 Å². The summed E-state index contributed by atoms with van der Waals surface area (Å²) < 4.78 is 0. The second-order valence-electron chi connectivity index (χ2n) is 9.22. The number of rotatable bonds is 5. The molecule has 2 unspecified atom stereocenters. The van der Waals surface area contributed by atoms with Crippen LogP contribution >= 0.6 is 0 Å². The Morgan fingerprint density at radius 3 is 2.34 bits per heavy atom. The summed E-state index contributed by atoms with van der Waals surface area (Å²) in [5.41, 5.74) is 2.24. The molecule has 2 aliphatic heterocycles. The molecule has 3 fully saturated rings. The number of hydrogen-bond acceptors (Lipinski definition) is 5. The molecule has 7 heteroatoms. The predicted octanol–water partition coefficient (Wildman–Crippen LogP) is 2.44. The third-order valence-electron chi connectivity index (χ3n) is 7.32. The van der Waals surface area contributed by atoms with E-state index in [1.807, 2.05) is 17.2 Å². The number of carbonyl (C=O) groups excluding carboxylic acids is 3. The highest BCUT2D eigenvalue weighted by atomic mass is 16.2. The Morgan fingerprint density at radius 2 is 1.62 bits per heavy atom. The van der Waals surface area contributed by atoms with Crippen molar-refractivity contribution in [2.75, 3.05) is 32.7 Å². The lowest BCUT2D eigenvalue weighted by Gasteiger charge is -2.35. The van der Waals surface area contributed by atoms with Crippen molar-refractivity contribution >= 4 is 28.6 Å². The van der Waals surface area contributed by atoms with Crippen LogP contribution in [0.15, 0.2) is 36.5 Å². The second kappa shape index (κ2) is 8.98. The lowest BCUT2D eigenvalue weighted by atomic mass is 9.81. The van der Waals surface area contributed by atoms with Gasteiger partial charge in [0, 0.05) is 57.3 Å². The van der Waals surface area contributed by atoms with Crippen LogP contribution < -0.4 is 0 Å². The standard InChI is InChI=1S/C25H30N4O3/c30-22(10-12-29-24(31)20-8-1-2-9-21(20)25(29)32)28-15-13-27(14-16-28)17-19-6-3-5-18-7-4-11-26-23(18)19/h3-7,11,20-21H,1-2,8-10,12-17H2. The van der Waals surface area contributed by atoms with Gasteiger partial charge in [-0.25, -0.2) is 0 Å². The molecule has 1 aromatic heterocycles. The lowest BCUT2D eigenvalue weighted by Crippen LogP contribution is -2.49. The third-order valence-corrected chi connectivity index (χ3v) is 7.32. The van der Waals surface area contributed by atoms with E-state index in [1.54, 1.807) is 0 Å². The van der Waals surface area contributed by atoms with Crippen molar-refractivity contribution < 1.29 is 14.4 Å². The van der Waals surface area contributed by atoms with E-state index in [0.717, 1.165) is 56.2 Å². The number of nitrogens with zero attached hydrogens (tertiary/aromatic N) is 4. The van der Waals surface area contributed by atoms with Gasteiger partial charge in [-0.05, 0) is 24.5 Å². The fourth-order valence-corrected chi connectivity index (χ4v) is 5.51. The number of para-hydroxylation sites is 1. The number of amides is 3. The SMILES string of the molecule is O=C(CCN1C(=O)C2CCCCC2C1=O)N1CCN(Cc2cccc3cccnc23)CC1. The molecule has 0 radical (unpaired) electrons. The van der Waals surface area contributed by atoms with E-state index in [-0.39, 0.29) is 42.5 Å². The average molecular weight is 435 g/mol. The van der Waals surface area contributed by atoms with Crippen molar-refractivity contribution in [3.8, 4) is 0 Å². The largest absolute Gasteiger partial charge is 0.340 e. The maximum absolute atomic E-state index is 12.8. The number of imide groups is 1. The quantitative estimate of drug-likeness (QED) is 0.676. The van der Waals surface area contributed by atoms with Crippen molar-refractivity contribution in [2.24, 2.45) is 11.8 Å². The average Bonchev–Trinajstić information content (AvgIpc) is 3.08. The molecule has 2 aromatic rings. The van der Waals surface area contributed by atoms with Crippen molar-refractivity contribution in [2.45, 2.75) is 38.6 Å². The zero-order valence-corrected chi connectivity index (χ0v) is 18.4. The van der Waals surface area contributed by atoms with Crippen LogP contribution in [-0.4, -0.2) is 70.1 Å². The van der Waals surface area contributed by atoms with Gasteiger partial charge in [-0.3, -0.25) is 29.2 Å². The number of carbonyl (C=O) groups is 3. The van der Waals surface area contributed by atoms with Crippen LogP contribution in [0.1, 0.15) is 37.7 Å². The Bertz CT molecular complexity index is 1000. The van der Waals surface area contributed by atoms with Gasteiger partial charge in [0.2, 0.25) is 17.7 Å². The Labute approximate surface area is 188 Å². The topological polar surface area (TPSA) is 73.8 Å². The molecule has 1 saturated carbocycles. The van der Waals surface area contributed by atoms with Crippen LogP contribution in [0, 0.1) is 11.8 Å². The van der Waals surface area contributed by atoms with Crippen LogP contribution in [0.25, 0.3) is 10.9 Å². The number of benzene rings is 1. The minimum absolute atomic E-state index is 0.0342. The van der Waals surface area contributed by atoms with Crippen LogP contribution in [-0.2, 0) is 20.9 Å². The van der Waals surface area contributed by atoms with Gasteiger partial charge in [-0.15, -0.1) is 0 Å². The Kier molecular flexibility index (Phi) is 5.91. The molecule has 0 spiro atoms. The van der Waals surface area contributed by atoms with Gasteiger partial charge in [-0.1, -0.05) is 37.1 Å². The molecule has 0 N–H and O–H groups in total. The molecule has 1 aromatic carbocycles. The molecule has 32 heavy (non-hydrogen) atoms. The third kappa shape index (κ3) is 4.01. The zero-order chi connectivity index (χ0) is 22.1. The van der Waals surface area contributed by atoms with Gasteiger partial charge in [0.05, 0.1) is 17.4 Å². The summed E-state index contributed by atoms with van der Waals surface area (Å²) in [7, 11) is 0. The minimum atomic E-state index is -0.140. The molecular formula is C25H30N4O3. The summed E-state index contributed by atoms with van der Waals surface area (Å²) >= 11 is 0. The second-order valence-corrected chi connectivity index (χ2v) is 9.22. The van der Waals surface area contributed by atoms with E-state index >= 15 is 0 Å². The highest BCUT2D eigenvalue weighted by Crippen LogP contribution is 2.38. The summed E-state index contributed by atoms with van der Waals surface area (Å²) in [6, 6.07) is 10.3. The molecule has 2 saturated heterocycles. The summed E-state index contributed by atoms with van der Waals surface area (Å²) in [6.07, 6.45) is 5.72. The van der Waals surface area contributed by atoms with Gasteiger partial charge in [0.1, 0.15) is 0 Å². The molecular weight excluding hydrogens is 404 g/mol. The summed E-state index contributed by atoms with van der Waals surface area (Å²) in [4.78, 5) is 48.1. The highest BCUT2D eigenvalue weighted by molar-refractivity contribution is 6.05. The Hall–Kier alpha value is -2.80. The first-order valence-electron chi connectivity index (χ1n) is 11.8. The van der Waals surface area contributed by atoms with Gasteiger partial charge in [0.15, 0.2) is 0 Å². The smallest absolute Gasteiger partial charge is 0.233 e. The normalized spacial score (nSPS) is 24.2. The van der Waals surface area contributed by atoms with Gasteiger partial charge in [0.25, 0.3) is 0 Å². The monoisotopic (exact) mass is 434 g/mol. The van der Waals surface area contributed by atoms with Crippen molar-refractivity contribution in [3.05, 3.63) is 42.1 Å². The van der Waals surface area contributed by atoms with Crippen molar-refractivity contribution in [3.63, 3.8) is 0 Å². The van der Waals surface area contributed by atoms with Gasteiger partial charge in [-0.2, -0.15) is 0 Å². The maximum Gasteiger partial charge on any atom is 0.233 e.